The molecule has 0 spiro atoms. The monoisotopic (exact) mass is 394 g/mol. The first-order valence-corrected chi connectivity index (χ1v) is 9.76. The fourth-order valence-corrected chi connectivity index (χ4v) is 4.00. The van der Waals surface area contributed by atoms with Gasteiger partial charge in [-0.2, -0.15) is 5.10 Å². The van der Waals surface area contributed by atoms with Gasteiger partial charge in [-0.3, -0.25) is 9.89 Å². The number of hydrogen-bond donors (Lipinski definition) is 2. The number of rotatable bonds is 5. The van der Waals surface area contributed by atoms with Gasteiger partial charge in [-0.25, -0.2) is 0 Å². The number of nitrogens with zero attached hydrogens (tertiary/aromatic N) is 2. The van der Waals surface area contributed by atoms with E-state index in [1.54, 1.807) is 0 Å². The molecule has 2 aromatic carbocycles. The smallest absolute Gasteiger partial charge is 0.232 e. The summed E-state index contributed by atoms with van der Waals surface area (Å²) in [5, 5.41) is 10.2. The van der Waals surface area contributed by atoms with E-state index in [1.165, 1.54) is 0 Å². The zero-order valence-corrected chi connectivity index (χ0v) is 16.6. The molecule has 144 valence electrons. The minimum absolute atomic E-state index is 0.0478. The summed E-state index contributed by atoms with van der Waals surface area (Å²) < 4.78 is 8.54. The number of fused-ring (bicyclic) bond motifs is 2. The number of carbonyl (C=O) groups excluding carboxylic acids is 1. The number of para-hydroxylation sites is 2. The number of amides is 1. The van der Waals surface area contributed by atoms with Crippen LogP contribution in [-0.2, 0) is 11.2 Å². The van der Waals surface area contributed by atoms with Crippen LogP contribution in [0.15, 0.2) is 48.5 Å². The number of benzene rings is 2. The van der Waals surface area contributed by atoms with Gasteiger partial charge >= 0.3 is 0 Å². The zero-order valence-electron chi connectivity index (χ0n) is 15.8. The minimum atomic E-state index is -0.396. The lowest BCUT2D eigenvalue weighted by Gasteiger charge is -2.27. The first-order valence-electron chi connectivity index (χ1n) is 9.35. The van der Waals surface area contributed by atoms with Gasteiger partial charge in [-0.05, 0) is 38.2 Å². The van der Waals surface area contributed by atoms with Crippen molar-refractivity contribution in [3.8, 4) is 11.5 Å². The van der Waals surface area contributed by atoms with Gasteiger partial charge in [0.1, 0.15) is 17.3 Å². The molecule has 28 heavy (non-hydrogen) atoms. The Morgan fingerprint density at radius 1 is 1.18 bits per heavy atom. The Labute approximate surface area is 168 Å². The van der Waals surface area contributed by atoms with Crippen molar-refractivity contribution < 1.29 is 9.53 Å². The highest BCUT2D eigenvalue weighted by atomic mass is 32.1. The number of aromatic nitrogens is 3. The maximum absolute atomic E-state index is 13.1. The molecule has 6 nitrogen and oxygen atoms in total. The fraction of sp³-hybridized carbons (Fsp3) is 0.286. The Hall–Kier alpha value is -2.93. The minimum Gasteiger partial charge on any atom is -0.457 e. The molecule has 0 unspecified atom stereocenters. The van der Waals surface area contributed by atoms with Gasteiger partial charge < -0.3 is 14.6 Å². The van der Waals surface area contributed by atoms with Crippen LogP contribution in [0.5, 0.6) is 11.5 Å². The Morgan fingerprint density at radius 3 is 2.39 bits per heavy atom. The number of hydrogen-bond acceptors (Lipinski definition) is 4. The summed E-state index contributed by atoms with van der Waals surface area (Å²) >= 11 is 5.28. The third kappa shape index (κ3) is 3.33. The van der Waals surface area contributed by atoms with E-state index in [1.807, 2.05) is 53.1 Å². The van der Waals surface area contributed by atoms with Crippen molar-refractivity contribution in [2.75, 3.05) is 6.54 Å². The lowest BCUT2D eigenvalue weighted by Crippen LogP contribution is -2.33. The van der Waals surface area contributed by atoms with E-state index < -0.39 is 5.92 Å². The van der Waals surface area contributed by atoms with Crippen LogP contribution in [0.3, 0.4) is 0 Å². The molecule has 1 amide bonds. The summed E-state index contributed by atoms with van der Waals surface area (Å²) in [5.41, 5.74) is 1.76. The van der Waals surface area contributed by atoms with Crippen LogP contribution in [-0.4, -0.2) is 27.2 Å². The molecule has 7 heteroatoms. The van der Waals surface area contributed by atoms with E-state index >= 15 is 0 Å². The highest BCUT2D eigenvalue weighted by Gasteiger charge is 2.32. The van der Waals surface area contributed by atoms with Gasteiger partial charge in [0, 0.05) is 30.1 Å². The third-order valence-electron chi connectivity index (χ3n) is 4.88. The second-order valence-electron chi connectivity index (χ2n) is 7.06. The highest BCUT2D eigenvalue weighted by Crippen LogP contribution is 2.43. The highest BCUT2D eigenvalue weighted by molar-refractivity contribution is 7.71. The molecule has 1 aliphatic heterocycles. The van der Waals surface area contributed by atoms with Gasteiger partial charge in [0.05, 0.1) is 5.92 Å². The van der Waals surface area contributed by atoms with E-state index in [0.717, 1.165) is 28.5 Å². The maximum atomic E-state index is 13.1. The summed E-state index contributed by atoms with van der Waals surface area (Å²) in [7, 11) is 0. The lowest BCUT2D eigenvalue weighted by atomic mass is 9.87. The fourth-order valence-electron chi connectivity index (χ4n) is 3.64. The zero-order chi connectivity index (χ0) is 19.7. The van der Waals surface area contributed by atoms with Crippen LogP contribution >= 0.6 is 12.2 Å². The van der Waals surface area contributed by atoms with Crippen molar-refractivity contribution in [2.45, 2.75) is 32.2 Å². The van der Waals surface area contributed by atoms with Crippen molar-refractivity contribution >= 4 is 18.1 Å². The van der Waals surface area contributed by atoms with Crippen molar-refractivity contribution in [3.05, 3.63) is 70.3 Å². The van der Waals surface area contributed by atoms with E-state index in [2.05, 4.69) is 29.4 Å². The van der Waals surface area contributed by atoms with E-state index in [4.69, 9.17) is 17.0 Å². The van der Waals surface area contributed by atoms with Crippen LogP contribution in [0.4, 0.5) is 0 Å². The van der Waals surface area contributed by atoms with Crippen LogP contribution in [0.25, 0.3) is 0 Å². The van der Waals surface area contributed by atoms with Crippen molar-refractivity contribution in [3.63, 3.8) is 0 Å². The molecule has 2 N–H and O–H groups in total. The van der Waals surface area contributed by atoms with Crippen LogP contribution in [0, 0.1) is 4.77 Å². The molecule has 2 heterocycles. The van der Waals surface area contributed by atoms with E-state index in [0.29, 0.717) is 17.7 Å². The largest absolute Gasteiger partial charge is 0.457 e. The molecule has 0 saturated heterocycles. The summed E-state index contributed by atoms with van der Waals surface area (Å²) in [6, 6.07) is 15.6. The van der Waals surface area contributed by atoms with Gasteiger partial charge in [-0.15, -0.1) is 0 Å². The third-order valence-corrected chi connectivity index (χ3v) is 5.17. The molecule has 1 aliphatic rings. The van der Waals surface area contributed by atoms with Crippen LogP contribution in [0.1, 0.15) is 42.8 Å². The second-order valence-corrected chi connectivity index (χ2v) is 7.45. The Morgan fingerprint density at radius 2 is 1.79 bits per heavy atom. The number of H-pyrrole nitrogens is 1. The van der Waals surface area contributed by atoms with Crippen LogP contribution < -0.4 is 10.1 Å². The molecule has 0 saturated carbocycles. The predicted molar refractivity (Wildman–Crippen MR) is 109 cm³/mol. The molecule has 0 fully saturated rings. The molecule has 3 aromatic rings. The molecular formula is C21H22N4O2S. The number of aromatic amines is 1. The average Bonchev–Trinajstić information content (AvgIpc) is 3.06. The quantitative estimate of drug-likeness (QED) is 0.639. The summed E-state index contributed by atoms with van der Waals surface area (Å²) in [6.45, 7) is 4.60. The Balaban J connectivity index is 1.54. The van der Waals surface area contributed by atoms with E-state index in [-0.39, 0.29) is 11.9 Å². The standard InChI is InChI=1S/C21H22N4O2S/c1-13(2)25-18(23-24-21(25)28)11-12-22-20(26)19-14-7-3-5-9-16(14)27-17-10-6-4-8-15(17)19/h3-10,13,19H,11-12H2,1-2H3,(H,22,26)(H,24,28). The summed E-state index contributed by atoms with van der Waals surface area (Å²) in [4.78, 5) is 13.1. The van der Waals surface area contributed by atoms with Crippen molar-refractivity contribution in [1.82, 2.24) is 20.1 Å². The van der Waals surface area contributed by atoms with Crippen LogP contribution in [0.2, 0.25) is 0 Å². The summed E-state index contributed by atoms with van der Waals surface area (Å²) in [6.07, 6.45) is 0.601. The predicted octanol–water partition coefficient (Wildman–Crippen LogP) is 4.12. The Bertz CT molecular complexity index is 1020. The normalized spacial score (nSPS) is 13.0. The van der Waals surface area contributed by atoms with Gasteiger partial charge in [0.15, 0.2) is 4.77 Å². The van der Waals surface area contributed by atoms with Gasteiger partial charge in [0.25, 0.3) is 0 Å². The number of nitrogens with one attached hydrogen (secondary N) is 2. The number of ether oxygens (including phenoxy) is 1. The SMILES string of the molecule is CC(C)n1c(CCNC(=O)C2c3ccccc3Oc3ccccc32)n[nH]c1=S. The first-order chi connectivity index (χ1) is 13.6. The molecule has 4 rings (SSSR count). The molecule has 1 aromatic heterocycles. The molecule has 0 atom stereocenters. The van der Waals surface area contributed by atoms with Crippen molar-refractivity contribution in [1.29, 1.82) is 0 Å². The molecule has 0 aliphatic carbocycles. The van der Waals surface area contributed by atoms with Crippen molar-refractivity contribution in [2.24, 2.45) is 0 Å². The van der Waals surface area contributed by atoms with Gasteiger partial charge in [0.2, 0.25) is 5.91 Å². The maximum Gasteiger partial charge on any atom is 0.232 e. The summed E-state index contributed by atoms with van der Waals surface area (Å²) in [5.74, 6) is 1.85. The van der Waals surface area contributed by atoms with Gasteiger partial charge in [-0.1, -0.05) is 36.4 Å². The average molecular weight is 395 g/mol. The molecular weight excluding hydrogens is 372 g/mol. The molecule has 0 radical (unpaired) electrons. The second kappa shape index (κ2) is 7.59. The lowest BCUT2D eigenvalue weighted by molar-refractivity contribution is -0.121. The first kappa shape index (κ1) is 18.4. The molecule has 0 bridgehead atoms. The topological polar surface area (TPSA) is 71.9 Å². The Kier molecular flexibility index (Phi) is 5.00. The van der Waals surface area contributed by atoms with E-state index in [9.17, 15) is 4.79 Å². The number of carbonyl (C=O) groups is 1.